The molecule has 11 nitrogen and oxygen atoms in total. The number of amides is 3. The fourth-order valence-corrected chi connectivity index (χ4v) is 5.18. The van der Waals surface area contributed by atoms with Gasteiger partial charge in [-0.05, 0) is 45.4 Å². The Labute approximate surface area is 192 Å². The highest BCUT2D eigenvalue weighted by atomic mass is 32.2. The second-order valence-electron chi connectivity index (χ2n) is 8.84. The molecule has 12 heteroatoms. The van der Waals surface area contributed by atoms with Gasteiger partial charge in [-0.2, -0.15) is 5.10 Å². The number of hydrazone groups is 1. The molecule has 1 aromatic rings. The monoisotopic (exact) mass is 480 g/mol. The molecule has 3 amide bonds. The molecule has 2 aliphatic rings. The number of ether oxygens (including phenoxy) is 2. The highest BCUT2D eigenvalue weighted by molar-refractivity contribution is 7.91. The number of carbonyl (C=O) groups excluding carboxylic acids is 3. The highest BCUT2D eigenvalue weighted by Gasteiger charge is 2.37. The smallest absolute Gasteiger partial charge is 0.412 e. The molecule has 1 aromatic carbocycles. The van der Waals surface area contributed by atoms with E-state index < -0.39 is 33.5 Å². The number of nitrogens with zero attached hydrogens (tertiary/aromatic N) is 2. The summed E-state index contributed by atoms with van der Waals surface area (Å²) in [5, 5.41) is 10.6. The number of anilines is 2. The molecular formula is C21H28N4O7S. The molecule has 2 heterocycles. The molecule has 0 aromatic heterocycles. The summed E-state index contributed by atoms with van der Waals surface area (Å²) in [6, 6.07) is 4.12. The van der Waals surface area contributed by atoms with E-state index in [9.17, 15) is 22.8 Å². The summed E-state index contributed by atoms with van der Waals surface area (Å²) in [7, 11) is -1.76. The van der Waals surface area contributed by atoms with Gasteiger partial charge in [-0.15, -0.1) is 0 Å². The van der Waals surface area contributed by atoms with Crippen molar-refractivity contribution in [2.75, 3.05) is 29.2 Å². The Morgan fingerprint density at radius 3 is 2.52 bits per heavy atom. The second kappa shape index (κ2) is 9.38. The van der Waals surface area contributed by atoms with E-state index in [0.717, 1.165) is 5.01 Å². The number of rotatable bonds is 5. The lowest BCUT2D eigenvalue weighted by atomic mass is 10.1. The van der Waals surface area contributed by atoms with Gasteiger partial charge in [0, 0.05) is 18.5 Å². The maximum atomic E-state index is 12.8. The summed E-state index contributed by atoms with van der Waals surface area (Å²) in [6.45, 7) is 5.21. The Morgan fingerprint density at radius 1 is 1.18 bits per heavy atom. The molecule has 2 N–H and O–H groups in total. The first kappa shape index (κ1) is 24.5. The van der Waals surface area contributed by atoms with Gasteiger partial charge in [-0.25, -0.2) is 18.2 Å². The van der Waals surface area contributed by atoms with Crippen molar-refractivity contribution in [2.45, 2.75) is 51.7 Å². The van der Waals surface area contributed by atoms with E-state index in [-0.39, 0.29) is 36.0 Å². The van der Waals surface area contributed by atoms with Crippen molar-refractivity contribution in [2.24, 2.45) is 5.10 Å². The third-order valence-electron chi connectivity index (χ3n) is 4.97. The molecule has 180 valence electrons. The summed E-state index contributed by atoms with van der Waals surface area (Å²) >= 11 is 0. The Kier molecular flexibility index (Phi) is 6.96. The summed E-state index contributed by atoms with van der Waals surface area (Å²) in [5.74, 6) is -0.621. The number of methoxy groups -OCH3 is 1. The van der Waals surface area contributed by atoms with Crippen molar-refractivity contribution in [1.82, 2.24) is 5.01 Å². The number of carbonyl (C=O) groups is 3. The molecule has 0 saturated carbocycles. The topological polar surface area (TPSA) is 143 Å². The number of benzene rings is 1. The molecule has 0 radical (unpaired) electrons. The molecule has 1 unspecified atom stereocenters. The second-order valence-corrected chi connectivity index (χ2v) is 11.1. The third kappa shape index (κ3) is 6.44. The minimum Gasteiger partial charge on any atom is -0.495 e. The van der Waals surface area contributed by atoms with Crippen molar-refractivity contribution in [3.63, 3.8) is 0 Å². The van der Waals surface area contributed by atoms with Crippen LogP contribution in [-0.2, 0) is 24.2 Å². The van der Waals surface area contributed by atoms with Gasteiger partial charge in [0.05, 0.1) is 30.3 Å². The van der Waals surface area contributed by atoms with Gasteiger partial charge in [-0.1, -0.05) is 0 Å². The fraction of sp³-hybridized carbons (Fsp3) is 0.524. The lowest BCUT2D eigenvalue weighted by molar-refractivity contribution is -0.133. The van der Waals surface area contributed by atoms with Crippen LogP contribution in [0, 0.1) is 0 Å². The van der Waals surface area contributed by atoms with Crippen molar-refractivity contribution in [3.8, 4) is 5.75 Å². The van der Waals surface area contributed by atoms with Gasteiger partial charge in [-0.3, -0.25) is 14.9 Å². The van der Waals surface area contributed by atoms with Crippen molar-refractivity contribution < 1.29 is 32.3 Å². The Hall–Kier alpha value is -3.15. The predicted octanol–water partition coefficient (Wildman–Crippen LogP) is 2.15. The molecule has 3 rings (SSSR count). The minimum absolute atomic E-state index is 0.00221. The lowest BCUT2D eigenvalue weighted by Crippen LogP contribution is -2.42. The predicted molar refractivity (Wildman–Crippen MR) is 122 cm³/mol. The van der Waals surface area contributed by atoms with E-state index in [1.165, 1.54) is 13.2 Å². The van der Waals surface area contributed by atoms with Gasteiger partial charge in [0.15, 0.2) is 9.84 Å². The van der Waals surface area contributed by atoms with E-state index >= 15 is 0 Å². The molecule has 0 aliphatic carbocycles. The maximum Gasteiger partial charge on any atom is 0.412 e. The van der Waals surface area contributed by atoms with Crippen LogP contribution in [-0.4, -0.2) is 67.3 Å². The third-order valence-corrected chi connectivity index (χ3v) is 6.72. The van der Waals surface area contributed by atoms with Gasteiger partial charge >= 0.3 is 6.09 Å². The average molecular weight is 481 g/mol. The highest BCUT2D eigenvalue weighted by Crippen LogP contribution is 2.29. The molecule has 33 heavy (non-hydrogen) atoms. The molecule has 2 aliphatic heterocycles. The van der Waals surface area contributed by atoms with Gasteiger partial charge in [0.25, 0.3) is 5.91 Å². The van der Waals surface area contributed by atoms with Crippen molar-refractivity contribution >= 4 is 44.8 Å². The van der Waals surface area contributed by atoms with Gasteiger partial charge in [0.2, 0.25) is 5.91 Å². The van der Waals surface area contributed by atoms with Crippen LogP contribution in [0.25, 0.3) is 0 Å². The molecule has 0 spiro atoms. The van der Waals surface area contributed by atoms with Crippen LogP contribution in [0.5, 0.6) is 5.75 Å². The first-order valence-corrected chi connectivity index (χ1v) is 12.3. The SMILES string of the molecule is COc1ccc(NC(=O)C2=NN(C3CCS(=O)(=O)C3)C(=O)CC2)cc1NC(=O)OC(C)(C)C. The summed E-state index contributed by atoms with van der Waals surface area (Å²) in [4.78, 5) is 37.2. The van der Waals surface area contributed by atoms with E-state index in [0.29, 0.717) is 23.5 Å². The molecule has 1 saturated heterocycles. The minimum atomic E-state index is -3.21. The Balaban J connectivity index is 1.74. The first-order valence-electron chi connectivity index (χ1n) is 10.5. The Morgan fingerprint density at radius 2 is 1.91 bits per heavy atom. The van der Waals surface area contributed by atoms with Crippen LogP contribution < -0.4 is 15.4 Å². The average Bonchev–Trinajstić information content (AvgIpc) is 3.06. The quantitative estimate of drug-likeness (QED) is 0.657. The zero-order valence-electron chi connectivity index (χ0n) is 19.0. The normalized spacial score (nSPS) is 20.1. The van der Waals surface area contributed by atoms with E-state index in [4.69, 9.17) is 9.47 Å². The largest absolute Gasteiger partial charge is 0.495 e. The summed E-state index contributed by atoms with van der Waals surface area (Å²) in [5.41, 5.74) is 0.0884. The zero-order valence-corrected chi connectivity index (χ0v) is 19.8. The van der Waals surface area contributed by atoms with Crippen LogP contribution in [0.3, 0.4) is 0 Å². The zero-order chi connectivity index (χ0) is 24.4. The first-order chi connectivity index (χ1) is 15.4. The van der Waals surface area contributed by atoms with E-state index in [2.05, 4.69) is 15.7 Å². The molecular weight excluding hydrogens is 452 g/mol. The number of sulfone groups is 1. The lowest BCUT2D eigenvalue weighted by Gasteiger charge is -2.27. The van der Waals surface area contributed by atoms with E-state index in [1.54, 1.807) is 32.9 Å². The number of nitrogens with one attached hydrogen (secondary N) is 2. The maximum absolute atomic E-state index is 12.8. The van der Waals surface area contributed by atoms with Gasteiger partial charge in [0.1, 0.15) is 17.1 Å². The Bertz CT molecular complexity index is 1090. The molecule has 1 atom stereocenters. The van der Waals surface area contributed by atoms with Crippen molar-refractivity contribution in [1.29, 1.82) is 0 Å². The number of hydrogen-bond donors (Lipinski definition) is 2. The summed E-state index contributed by atoms with van der Waals surface area (Å²) in [6.07, 6.45) is -0.178. The standard InChI is InChI=1S/C21H28N4O7S/c1-21(2,3)32-20(28)23-16-11-13(5-7-17(16)31-4)22-19(27)15-6-8-18(26)25(24-15)14-9-10-33(29,30)12-14/h5,7,11,14H,6,8-10,12H2,1-4H3,(H,22,27)(H,23,28). The van der Waals surface area contributed by atoms with Gasteiger partial charge < -0.3 is 14.8 Å². The van der Waals surface area contributed by atoms with Crippen LogP contribution in [0.4, 0.5) is 16.2 Å². The summed E-state index contributed by atoms with van der Waals surface area (Å²) < 4.78 is 34.0. The van der Waals surface area contributed by atoms with Crippen LogP contribution in [0.15, 0.2) is 23.3 Å². The fourth-order valence-electron chi connectivity index (χ4n) is 3.49. The number of hydrogen-bond acceptors (Lipinski definition) is 8. The van der Waals surface area contributed by atoms with Crippen molar-refractivity contribution in [3.05, 3.63) is 18.2 Å². The van der Waals surface area contributed by atoms with Crippen LogP contribution in [0.1, 0.15) is 40.0 Å². The van der Waals surface area contributed by atoms with E-state index in [1.807, 2.05) is 0 Å². The molecule has 1 fully saturated rings. The van der Waals surface area contributed by atoms with Crippen LogP contribution >= 0.6 is 0 Å². The van der Waals surface area contributed by atoms with Crippen LogP contribution in [0.2, 0.25) is 0 Å². The molecule has 0 bridgehead atoms.